The van der Waals surface area contributed by atoms with E-state index in [9.17, 15) is 14.0 Å². The first-order chi connectivity index (χ1) is 15.6. The number of aromatic amines is 1. The third-order valence-corrected chi connectivity index (χ3v) is 5.33. The number of hydrogen-bond donors (Lipinski definition) is 2. The number of nitrogens with one attached hydrogen (secondary N) is 2. The quantitative estimate of drug-likeness (QED) is 0.433. The highest BCUT2D eigenvalue weighted by atomic mass is 19.1. The molecule has 0 fully saturated rings. The number of carbonyl (C=O) groups excluding carboxylic acids is 1. The summed E-state index contributed by atoms with van der Waals surface area (Å²) in [4.78, 5) is 32.8. The van der Waals surface area contributed by atoms with Crippen LogP contribution in [0.2, 0.25) is 0 Å². The number of halogens is 1. The molecule has 0 unspecified atom stereocenters. The Bertz CT molecular complexity index is 1480. The second-order valence-corrected chi connectivity index (χ2v) is 7.41. The predicted molar refractivity (Wildman–Crippen MR) is 118 cm³/mol. The highest BCUT2D eigenvalue weighted by Gasteiger charge is 2.13. The van der Waals surface area contributed by atoms with E-state index in [-0.39, 0.29) is 23.8 Å². The molecule has 32 heavy (non-hydrogen) atoms. The Kier molecular flexibility index (Phi) is 4.98. The molecule has 8 nitrogen and oxygen atoms in total. The van der Waals surface area contributed by atoms with Crippen molar-refractivity contribution in [1.29, 1.82) is 0 Å². The molecule has 0 aliphatic carbocycles. The summed E-state index contributed by atoms with van der Waals surface area (Å²) in [6, 6.07) is 13.6. The SMILES string of the molecule is O=C(NCCn1ncc2c(=O)n(Cc3ccc(F)cc3)cnc21)c1c[nH]c2ccccc12. The van der Waals surface area contributed by atoms with Crippen LogP contribution in [0.15, 0.2) is 72.0 Å². The third-order valence-electron chi connectivity index (χ3n) is 5.33. The highest BCUT2D eigenvalue weighted by Crippen LogP contribution is 2.17. The first kappa shape index (κ1) is 19.7. The van der Waals surface area contributed by atoms with E-state index in [4.69, 9.17) is 0 Å². The molecule has 0 spiro atoms. The zero-order valence-corrected chi connectivity index (χ0v) is 17.0. The van der Waals surface area contributed by atoms with Crippen LogP contribution in [0.4, 0.5) is 4.39 Å². The van der Waals surface area contributed by atoms with Crippen molar-refractivity contribution >= 4 is 27.8 Å². The van der Waals surface area contributed by atoms with E-state index in [1.807, 2.05) is 24.3 Å². The van der Waals surface area contributed by atoms with Crippen LogP contribution in [0.3, 0.4) is 0 Å². The summed E-state index contributed by atoms with van der Waals surface area (Å²) >= 11 is 0. The average molecular weight is 430 g/mol. The van der Waals surface area contributed by atoms with Crippen molar-refractivity contribution in [2.24, 2.45) is 0 Å². The standard InChI is InChI=1S/C23H19FN6O2/c24-16-7-5-15(6-8-16)13-29-14-27-21-19(23(29)32)12-28-30(21)10-9-25-22(31)18-11-26-20-4-2-1-3-17(18)20/h1-8,11-12,14,26H,9-10,13H2,(H,25,31). The predicted octanol–water partition coefficient (Wildman–Crippen LogP) is 2.69. The Morgan fingerprint density at radius 1 is 1.09 bits per heavy atom. The number of nitrogens with zero attached hydrogens (tertiary/aromatic N) is 4. The summed E-state index contributed by atoms with van der Waals surface area (Å²) in [7, 11) is 0. The second-order valence-electron chi connectivity index (χ2n) is 7.41. The van der Waals surface area contributed by atoms with Crippen LogP contribution < -0.4 is 10.9 Å². The van der Waals surface area contributed by atoms with Crippen LogP contribution in [0.1, 0.15) is 15.9 Å². The number of aromatic nitrogens is 5. The molecule has 0 bridgehead atoms. The topological polar surface area (TPSA) is 97.6 Å². The smallest absolute Gasteiger partial charge is 0.264 e. The number of fused-ring (bicyclic) bond motifs is 2. The van der Waals surface area contributed by atoms with Crippen LogP contribution in [0.5, 0.6) is 0 Å². The van der Waals surface area contributed by atoms with E-state index in [1.165, 1.54) is 29.2 Å². The van der Waals surface area contributed by atoms with Crippen LogP contribution >= 0.6 is 0 Å². The lowest BCUT2D eigenvalue weighted by molar-refractivity contribution is 0.0953. The van der Waals surface area contributed by atoms with Gasteiger partial charge in [-0.2, -0.15) is 5.10 Å². The average Bonchev–Trinajstić information content (AvgIpc) is 3.42. The Labute approximate surface area is 181 Å². The van der Waals surface area contributed by atoms with E-state index >= 15 is 0 Å². The van der Waals surface area contributed by atoms with Crippen LogP contribution in [0, 0.1) is 5.82 Å². The minimum Gasteiger partial charge on any atom is -0.360 e. The molecule has 2 aromatic carbocycles. The normalized spacial score (nSPS) is 11.3. The molecule has 160 valence electrons. The summed E-state index contributed by atoms with van der Waals surface area (Å²) in [6.45, 7) is 0.982. The van der Waals surface area contributed by atoms with Gasteiger partial charge in [0.15, 0.2) is 5.65 Å². The lowest BCUT2D eigenvalue weighted by Gasteiger charge is -2.07. The second kappa shape index (κ2) is 8.10. The van der Waals surface area contributed by atoms with E-state index in [2.05, 4.69) is 20.4 Å². The molecule has 0 aliphatic rings. The van der Waals surface area contributed by atoms with Gasteiger partial charge in [-0.15, -0.1) is 0 Å². The first-order valence-corrected chi connectivity index (χ1v) is 10.1. The number of para-hydroxylation sites is 1. The number of benzene rings is 2. The number of hydrogen-bond acceptors (Lipinski definition) is 4. The summed E-state index contributed by atoms with van der Waals surface area (Å²) in [5, 5.41) is 8.39. The molecule has 0 saturated heterocycles. The van der Waals surface area contributed by atoms with Gasteiger partial charge in [0.1, 0.15) is 17.5 Å². The van der Waals surface area contributed by atoms with Crippen molar-refractivity contribution in [3.8, 4) is 0 Å². The van der Waals surface area contributed by atoms with E-state index in [1.54, 1.807) is 23.0 Å². The molecule has 0 aliphatic heterocycles. The minimum atomic E-state index is -0.326. The molecule has 1 amide bonds. The molecule has 5 rings (SSSR count). The van der Waals surface area contributed by atoms with E-state index in [0.717, 1.165) is 16.5 Å². The largest absolute Gasteiger partial charge is 0.360 e. The van der Waals surface area contributed by atoms with Gasteiger partial charge < -0.3 is 10.3 Å². The maximum absolute atomic E-state index is 13.1. The van der Waals surface area contributed by atoms with Gasteiger partial charge in [-0.25, -0.2) is 14.1 Å². The fourth-order valence-corrected chi connectivity index (χ4v) is 3.69. The van der Waals surface area contributed by atoms with Gasteiger partial charge >= 0.3 is 0 Å². The van der Waals surface area contributed by atoms with Gasteiger partial charge in [0.05, 0.1) is 24.8 Å². The molecule has 5 aromatic rings. The monoisotopic (exact) mass is 430 g/mol. The molecule has 9 heteroatoms. The number of amides is 1. The lowest BCUT2D eigenvalue weighted by Crippen LogP contribution is -2.27. The maximum Gasteiger partial charge on any atom is 0.264 e. The van der Waals surface area contributed by atoms with Crippen molar-refractivity contribution in [2.45, 2.75) is 13.1 Å². The molecular formula is C23H19FN6O2. The van der Waals surface area contributed by atoms with Gasteiger partial charge in [-0.1, -0.05) is 30.3 Å². The van der Waals surface area contributed by atoms with Crippen molar-refractivity contribution < 1.29 is 9.18 Å². The fourth-order valence-electron chi connectivity index (χ4n) is 3.69. The molecule has 0 saturated carbocycles. The number of rotatable bonds is 6. The van der Waals surface area contributed by atoms with E-state index < -0.39 is 0 Å². The molecule has 2 N–H and O–H groups in total. The fraction of sp³-hybridized carbons (Fsp3) is 0.130. The Balaban J connectivity index is 1.29. The van der Waals surface area contributed by atoms with Crippen LogP contribution in [-0.4, -0.2) is 36.8 Å². The zero-order valence-electron chi connectivity index (χ0n) is 17.0. The lowest BCUT2D eigenvalue weighted by atomic mass is 10.1. The third kappa shape index (κ3) is 3.64. The van der Waals surface area contributed by atoms with Gasteiger partial charge in [-0.05, 0) is 23.8 Å². The molecule has 3 heterocycles. The van der Waals surface area contributed by atoms with Gasteiger partial charge in [0.2, 0.25) is 0 Å². The Hall–Kier alpha value is -4.27. The van der Waals surface area contributed by atoms with Gasteiger partial charge in [0, 0.05) is 23.6 Å². The first-order valence-electron chi connectivity index (χ1n) is 10.1. The van der Waals surface area contributed by atoms with Gasteiger partial charge in [-0.3, -0.25) is 14.2 Å². The number of carbonyl (C=O) groups is 1. The highest BCUT2D eigenvalue weighted by molar-refractivity contribution is 6.06. The van der Waals surface area contributed by atoms with E-state index in [0.29, 0.717) is 29.7 Å². The van der Waals surface area contributed by atoms with Crippen LogP contribution in [0.25, 0.3) is 21.9 Å². The Morgan fingerprint density at radius 3 is 2.75 bits per heavy atom. The van der Waals surface area contributed by atoms with Crippen molar-refractivity contribution in [1.82, 2.24) is 29.6 Å². The summed E-state index contributed by atoms with van der Waals surface area (Å²) in [5.74, 6) is -0.513. The molecule has 0 radical (unpaired) electrons. The Morgan fingerprint density at radius 2 is 1.91 bits per heavy atom. The number of H-pyrrole nitrogens is 1. The molecular weight excluding hydrogens is 411 g/mol. The zero-order chi connectivity index (χ0) is 22.1. The summed E-state index contributed by atoms with van der Waals surface area (Å²) < 4.78 is 16.1. The van der Waals surface area contributed by atoms with Gasteiger partial charge in [0.25, 0.3) is 11.5 Å². The summed E-state index contributed by atoms with van der Waals surface area (Å²) in [6.07, 6.45) is 4.62. The summed E-state index contributed by atoms with van der Waals surface area (Å²) in [5.41, 5.74) is 2.49. The van der Waals surface area contributed by atoms with Crippen molar-refractivity contribution in [3.05, 3.63) is 94.5 Å². The van der Waals surface area contributed by atoms with Crippen molar-refractivity contribution in [2.75, 3.05) is 6.54 Å². The molecule has 3 aromatic heterocycles. The molecule has 0 atom stereocenters. The maximum atomic E-state index is 13.1. The van der Waals surface area contributed by atoms with Crippen LogP contribution in [-0.2, 0) is 13.1 Å². The minimum absolute atomic E-state index is 0.187. The van der Waals surface area contributed by atoms with Crippen molar-refractivity contribution in [3.63, 3.8) is 0 Å².